The first-order valence-electron chi connectivity index (χ1n) is 9.79. The Hall–Kier alpha value is -1.44. The van der Waals surface area contributed by atoms with Gasteiger partial charge in [0.25, 0.3) is 0 Å². The fourth-order valence-corrected chi connectivity index (χ4v) is 4.54. The number of aliphatic hydroxyl groups is 1. The third-order valence-corrected chi connectivity index (χ3v) is 6.40. The highest BCUT2D eigenvalue weighted by molar-refractivity contribution is 7.99. The van der Waals surface area contributed by atoms with Crippen molar-refractivity contribution in [1.82, 2.24) is 10.6 Å². The summed E-state index contributed by atoms with van der Waals surface area (Å²) in [5, 5.41) is 16.1. The molecule has 0 bridgehead atoms. The van der Waals surface area contributed by atoms with E-state index < -0.39 is 0 Å². The van der Waals surface area contributed by atoms with Gasteiger partial charge >= 0.3 is 0 Å². The largest absolute Gasteiger partial charge is 0.396 e. The van der Waals surface area contributed by atoms with Crippen LogP contribution in [0.4, 0.5) is 5.69 Å². The first kappa shape index (κ1) is 20.3. The van der Waals surface area contributed by atoms with Crippen LogP contribution < -0.4 is 15.5 Å². The third kappa shape index (κ3) is 5.77. The fourth-order valence-electron chi connectivity index (χ4n) is 3.64. The third-order valence-electron chi connectivity index (χ3n) is 5.45. The lowest BCUT2D eigenvalue weighted by Crippen LogP contribution is -2.44. The number of aliphatic hydroxyl groups excluding tert-OH is 1. The summed E-state index contributed by atoms with van der Waals surface area (Å²) in [5.41, 5.74) is 2.57. The fraction of sp³-hybridized carbons (Fsp3) is 0.650. The van der Waals surface area contributed by atoms with Gasteiger partial charge in [-0.3, -0.25) is 4.99 Å². The Bertz CT molecular complexity index is 597. The van der Waals surface area contributed by atoms with Crippen molar-refractivity contribution in [3.63, 3.8) is 0 Å². The first-order valence-corrected chi connectivity index (χ1v) is 10.9. The van der Waals surface area contributed by atoms with E-state index in [0.717, 1.165) is 51.6 Å². The number of nitrogens with zero attached hydrogens (tertiary/aromatic N) is 2. The van der Waals surface area contributed by atoms with Gasteiger partial charge < -0.3 is 25.4 Å². The summed E-state index contributed by atoms with van der Waals surface area (Å²) in [6.07, 6.45) is 1.74. The highest BCUT2D eigenvalue weighted by Gasteiger charge is 2.34. The maximum absolute atomic E-state index is 9.35. The minimum Gasteiger partial charge on any atom is -0.396 e. The zero-order valence-electron chi connectivity index (χ0n) is 16.2. The Labute approximate surface area is 166 Å². The molecule has 1 unspecified atom stereocenters. The van der Waals surface area contributed by atoms with Crippen LogP contribution in [0.15, 0.2) is 29.3 Å². The van der Waals surface area contributed by atoms with Crippen molar-refractivity contribution in [2.24, 2.45) is 10.4 Å². The van der Waals surface area contributed by atoms with Crippen LogP contribution in [0.1, 0.15) is 18.4 Å². The standard InChI is InChI=1S/C20H32N4O2S/c1-21-19(23-15-20(6-10-25)7-11-26-16-20)22-14-17-2-4-18(5-3-17)24-8-12-27-13-9-24/h2-5,25H,6-16H2,1H3,(H2,21,22,23). The number of hydrogen-bond donors (Lipinski definition) is 3. The second-order valence-electron chi connectivity index (χ2n) is 7.32. The van der Waals surface area contributed by atoms with Gasteiger partial charge in [0.05, 0.1) is 6.61 Å². The van der Waals surface area contributed by atoms with Crippen molar-refractivity contribution in [3.8, 4) is 0 Å². The highest BCUT2D eigenvalue weighted by Crippen LogP contribution is 2.31. The van der Waals surface area contributed by atoms with Gasteiger partial charge in [-0.25, -0.2) is 0 Å². The quantitative estimate of drug-likeness (QED) is 0.485. The lowest BCUT2D eigenvalue weighted by molar-refractivity contribution is 0.127. The highest BCUT2D eigenvalue weighted by atomic mass is 32.2. The van der Waals surface area contributed by atoms with E-state index in [9.17, 15) is 5.11 Å². The zero-order chi connectivity index (χ0) is 19.0. The molecule has 2 heterocycles. The molecule has 150 valence electrons. The summed E-state index contributed by atoms with van der Waals surface area (Å²) in [4.78, 5) is 6.78. The molecule has 7 heteroatoms. The molecule has 27 heavy (non-hydrogen) atoms. The van der Waals surface area contributed by atoms with Gasteiger partial charge in [-0.2, -0.15) is 11.8 Å². The Morgan fingerprint density at radius 2 is 2.04 bits per heavy atom. The van der Waals surface area contributed by atoms with Crippen molar-refractivity contribution in [2.45, 2.75) is 19.4 Å². The number of rotatable bonds is 7. The van der Waals surface area contributed by atoms with E-state index >= 15 is 0 Å². The van der Waals surface area contributed by atoms with E-state index in [1.807, 2.05) is 11.8 Å². The van der Waals surface area contributed by atoms with Gasteiger partial charge in [0, 0.05) is 69.0 Å². The molecule has 2 fully saturated rings. The molecule has 0 saturated carbocycles. The van der Waals surface area contributed by atoms with Crippen LogP contribution in [0.2, 0.25) is 0 Å². The summed E-state index contributed by atoms with van der Waals surface area (Å²) >= 11 is 2.03. The number of nitrogens with one attached hydrogen (secondary N) is 2. The maximum Gasteiger partial charge on any atom is 0.191 e. The van der Waals surface area contributed by atoms with Crippen LogP contribution >= 0.6 is 11.8 Å². The zero-order valence-corrected chi connectivity index (χ0v) is 17.1. The van der Waals surface area contributed by atoms with Gasteiger partial charge in [0.15, 0.2) is 5.96 Å². The maximum atomic E-state index is 9.35. The Morgan fingerprint density at radius 1 is 1.26 bits per heavy atom. The predicted molar refractivity (Wildman–Crippen MR) is 114 cm³/mol. The first-order chi connectivity index (χ1) is 13.2. The molecule has 1 aromatic rings. The SMILES string of the molecule is CN=C(NCc1ccc(N2CCSCC2)cc1)NCC1(CCO)CCOC1. The van der Waals surface area contributed by atoms with Crippen molar-refractivity contribution in [2.75, 3.05) is 62.9 Å². The molecule has 1 atom stereocenters. The Kier molecular flexibility index (Phi) is 7.67. The van der Waals surface area contributed by atoms with E-state index in [-0.39, 0.29) is 12.0 Å². The van der Waals surface area contributed by atoms with Gasteiger partial charge in [-0.05, 0) is 30.5 Å². The van der Waals surface area contributed by atoms with E-state index in [4.69, 9.17) is 4.74 Å². The van der Waals surface area contributed by atoms with Crippen LogP contribution in [0.3, 0.4) is 0 Å². The number of thioether (sulfide) groups is 1. The number of hydrogen-bond acceptors (Lipinski definition) is 5. The lowest BCUT2D eigenvalue weighted by Gasteiger charge is -2.28. The molecule has 0 spiro atoms. The topological polar surface area (TPSA) is 69.1 Å². The number of guanidine groups is 1. The molecular weight excluding hydrogens is 360 g/mol. The molecule has 3 N–H and O–H groups in total. The number of benzene rings is 1. The van der Waals surface area contributed by atoms with Crippen LogP contribution in [-0.2, 0) is 11.3 Å². The van der Waals surface area contributed by atoms with Crippen LogP contribution in [-0.4, -0.2) is 69.1 Å². The molecule has 2 saturated heterocycles. The van der Waals surface area contributed by atoms with E-state index in [1.54, 1.807) is 7.05 Å². The summed E-state index contributed by atoms with van der Waals surface area (Å²) in [6.45, 7) is 5.44. The number of anilines is 1. The molecular formula is C20H32N4O2S. The van der Waals surface area contributed by atoms with Crippen molar-refractivity contribution >= 4 is 23.4 Å². The second-order valence-corrected chi connectivity index (χ2v) is 8.55. The predicted octanol–water partition coefficient (Wildman–Crippen LogP) is 1.69. The summed E-state index contributed by atoms with van der Waals surface area (Å²) < 4.78 is 5.55. The number of aliphatic imine (C=N–C) groups is 1. The minimum atomic E-state index is 0.0146. The average Bonchev–Trinajstić information content (AvgIpc) is 3.18. The van der Waals surface area contributed by atoms with Gasteiger partial charge in [-0.1, -0.05) is 12.1 Å². The number of ether oxygens (including phenoxy) is 1. The van der Waals surface area contributed by atoms with E-state index in [0.29, 0.717) is 6.61 Å². The summed E-state index contributed by atoms with van der Waals surface area (Å²) in [5.74, 6) is 3.22. The Balaban J connectivity index is 1.47. The van der Waals surface area contributed by atoms with Crippen LogP contribution in [0.5, 0.6) is 0 Å². The monoisotopic (exact) mass is 392 g/mol. The van der Waals surface area contributed by atoms with Gasteiger partial charge in [0.1, 0.15) is 0 Å². The summed E-state index contributed by atoms with van der Waals surface area (Å²) in [6, 6.07) is 8.81. The normalized spacial score (nSPS) is 23.5. The second kappa shape index (κ2) is 10.2. The molecule has 0 aromatic heterocycles. The molecule has 0 radical (unpaired) electrons. The van der Waals surface area contributed by atoms with E-state index in [1.165, 1.54) is 22.8 Å². The van der Waals surface area contributed by atoms with Crippen molar-refractivity contribution < 1.29 is 9.84 Å². The van der Waals surface area contributed by atoms with Gasteiger partial charge in [-0.15, -0.1) is 0 Å². The Morgan fingerprint density at radius 3 is 2.67 bits per heavy atom. The molecule has 6 nitrogen and oxygen atoms in total. The van der Waals surface area contributed by atoms with Crippen molar-refractivity contribution in [3.05, 3.63) is 29.8 Å². The molecule has 3 rings (SSSR count). The molecule has 2 aliphatic heterocycles. The van der Waals surface area contributed by atoms with Crippen LogP contribution in [0.25, 0.3) is 0 Å². The average molecular weight is 393 g/mol. The molecule has 0 amide bonds. The van der Waals surface area contributed by atoms with Crippen molar-refractivity contribution in [1.29, 1.82) is 0 Å². The molecule has 0 aliphatic carbocycles. The molecule has 2 aliphatic rings. The minimum absolute atomic E-state index is 0.0146. The van der Waals surface area contributed by atoms with E-state index in [2.05, 4.69) is 44.8 Å². The lowest BCUT2D eigenvalue weighted by atomic mass is 9.84. The smallest absolute Gasteiger partial charge is 0.191 e. The van der Waals surface area contributed by atoms with Crippen LogP contribution in [0, 0.1) is 5.41 Å². The van der Waals surface area contributed by atoms with Gasteiger partial charge in [0.2, 0.25) is 0 Å². The molecule has 1 aromatic carbocycles. The summed E-state index contributed by atoms with van der Waals surface area (Å²) in [7, 11) is 1.79.